The first-order valence-electron chi connectivity index (χ1n) is 5.78. The molecule has 98 valence electrons. The summed E-state index contributed by atoms with van der Waals surface area (Å²) >= 11 is 0. The Bertz CT molecular complexity index is 444. The number of hydrogen-bond donors (Lipinski definition) is 0. The van der Waals surface area contributed by atoms with Crippen LogP contribution in [0.15, 0.2) is 35.5 Å². The van der Waals surface area contributed by atoms with Crippen molar-refractivity contribution in [1.82, 2.24) is 0 Å². The fourth-order valence-electron chi connectivity index (χ4n) is 2.27. The van der Waals surface area contributed by atoms with Crippen molar-refractivity contribution < 1.29 is 22.7 Å². The first kappa shape index (κ1) is 12.9. The molecule has 2 aliphatic rings. The van der Waals surface area contributed by atoms with E-state index in [4.69, 9.17) is 0 Å². The summed E-state index contributed by atoms with van der Waals surface area (Å²) < 4.78 is 43.4. The summed E-state index contributed by atoms with van der Waals surface area (Å²) in [4.78, 5) is 11.6. The maximum atomic E-state index is 12.9. The van der Waals surface area contributed by atoms with Gasteiger partial charge in [0.2, 0.25) is 0 Å². The monoisotopic (exact) mass is 258 g/mol. The molecule has 0 aromatic rings. The number of halogens is 3. The number of allylic oxidation sites excluding steroid dienone is 4. The molecule has 18 heavy (non-hydrogen) atoms. The molecule has 5 heteroatoms. The van der Waals surface area contributed by atoms with E-state index in [1.165, 1.54) is 6.08 Å². The smallest absolute Gasteiger partial charge is 0.416 e. The molecule has 0 saturated carbocycles. The molecule has 0 amide bonds. The van der Waals surface area contributed by atoms with E-state index in [1.54, 1.807) is 6.92 Å². The van der Waals surface area contributed by atoms with Gasteiger partial charge in [-0.3, -0.25) is 0 Å². The van der Waals surface area contributed by atoms with Gasteiger partial charge in [-0.25, -0.2) is 4.79 Å². The van der Waals surface area contributed by atoms with Crippen molar-refractivity contribution in [2.75, 3.05) is 6.61 Å². The number of carbonyl (C=O) groups is 1. The van der Waals surface area contributed by atoms with Crippen LogP contribution in [-0.4, -0.2) is 18.8 Å². The number of carbonyl (C=O) groups excluding carboxylic acids is 1. The maximum Gasteiger partial charge on any atom is 0.416 e. The second kappa shape index (κ2) is 4.63. The van der Waals surface area contributed by atoms with Crippen LogP contribution in [0.4, 0.5) is 13.2 Å². The molecule has 2 unspecified atom stereocenters. The first-order chi connectivity index (χ1) is 8.43. The van der Waals surface area contributed by atoms with E-state index in [2.05, 4.69) is 4.74 Å². The third-order valence-corrected chi connectivity index (χ3v) is 3.09. The number of hydrogen-bond acceptors (Lipinski definition) is 2. The van der Waals surface area contributed by atoms with Crippen molar-refractivity contribution in [3.8, 4) is 0 Å². The molecular formula is C13H13F3O2. The Kier molecular flexibility index (Phi) is 3.32. The lowest BCUT2D eigenvalue weighted by Crippen LogP contribution is -2.25. The Morgan fingerprint density at radius 2 is 2.17 bits per heavy atom. The van der Waals surface area contributed by atoms with E-state index in [-0.39, 0.29) is 24.0 Å². The zero-order valence-electron chi connectivity index (χ0n) is 9.83. The van der Waals surface area contributed by atoms with Crippen LogP contribution in [0.2, 0.25) is 0 Å². The molecule has 0 aliphatic heterocycles. The minimum Gasteiger partial charge on any atom is -0.462 e. The number of esters is 1. The minimum atomic E-state index is -4.52. The van der Waals surface area contributed by atoms with Gasteiger partial charge >= 0.3 is 12.1 Å². The molecule has 0 aromatic carbocycles. The van der Waals surface area contributed by atoms with Crippen LogP contribution in [0.25, 0.3) is 0 Å². The van der Waals surface area contributed by atoms with Crippen LogP contribution in [0.5, 0.6) is 0 Å². The zero-order valence-corrected chi connectivity index (χ0v) is 9.83. The summed E-state index contributed by atoms with van der Waals surface area (Å²) in [5.74, 6) is -1.23. The summed E-state index contributed by atoms with van der Waals surface area (Å²) in [6, 6.07) is 0. The lowest BCUT2D eigenvalue weighted by Gasteiger charge is -2.24. The highest BCUT2D eigenvalue weighted by molar-refractivity contribution is 5.94. The SMILES string of the molecule is CCOC(=O)C1=CC2C=CCC2C=C1C(F)(F)F. The Labute approximate surface area is 103 Å². The molecule has 0 N–H and O–H groups in total. The Balaban J connectivity index is 2.35. The lowest BCUT2D eigenvalue weighted by atomic mass is 9.83. The number of alkyl halides is 3. The first-order valence-corrected chi connectivity index (χ1v) is 5.78. The van der Waals surface area contributed by atoms with Gasteiger partial charge < -0.3 is 4.74 Å². The molecule has 0 saturated heterocycles. The number of rotatable bonds is 2. The fraction of sp³-hybridized carbons (Fsp3) is 0.462. The van der Waals surface area contributed by atoms with Crippen molar-refractivity contribution in [2.45, 2.75) is 19.5 Å². The van der Waals surface area contributed by atoms with Crippen molar-refractivity contribution in [3.05, 3.63) is 35.5 Å². The van der Waals surface area contributed by atoms with Gasteiger partial charge in [-0.05, 0) is 19.3 Å². The van der Waals surface area contributed by atoms with Crippen LogP contribution in [-0.2, 0) is 9.53 Å². The summed E-state index contributed by atoms with van der Waals surface area (Å²) in [7, 11) is 0. The van der Waals surface area contributed by atoms with Gasteiger partial charge in [0.05, 0.1) is 17.8 Å². The van der Waals surface area contributed by atoms with E-state index in [1.807, 2.05) is 12.2 Å². The summed E-state index contributed by atoms with van der Waals surface area (Å²) in [6.07, 6.45) is 2.24. The van der Waals surface area contributed by atoms with Crippen LogP contribution >= 0.6 is 0 Å². The number of ether oxygens (including phenoxy) is 1. The van der Waals surface area contributed by atoms with Crippen molar-refractivity contribution in [3.63, 3.8) is 0 Å². The van der Waals surface area contributed by atoms with Gasteiger partial charge in [0.15, 0.2) is 0 Å². The highest BCUT2D eigenvalue weighted by atomic mass is 19.4. The van der Waals surface area contributed by atoms with Crippen molar-refractivity contribution in [2.24, 2.45) is 11.8 Å². The molecule has 0 aromatic heterocycles. The Hall–Kier alpha value is -1.52. The zero-order chi connectivity index (χ0) is 13.3. The van der Waals surface area contributed by atoms with Gasteiger partial charge in [0.1, 0.15) is 0 Å². The van der Waals surface area contributed by atoms with E-state index in [0.29, 0.717) is 6.42 Å². The fourth-order valence-corrected chi connectivity index (χ4v) is 2.27. The highest BCUT2D eigenvalue weighted by Crippen LogP contribution is 2.41. The molecule has 0 radical (unpaired) electrons. The van der Waals surface area contributed by atoms with E-state index in [9.17, 15) is 18.0 Å². The van der Waals surface area contributed by atoms with Gasteiger partial charge in [0, 0.05) is 5.92 Å². The van der Waals surface area contributed by atoms with Gasteiger partial charge in [-0.2, -0.15) is 13.2 Å². The predicted octanol–water partition coefficient (Wildman–Crippen LogP) is 3.17. The molecule has 0 fully saturated rings. The molecule has 2 aliphatic carbocycles. The Morgan fingerprint density at radius 3 is 2.78 bits per heavy atom. The normalized spacial score (nSPS) is 26.4. The third-order valence-electron chi connectivity index (χ3n) is 3.09. The predicted molar refractivity (Wildman–Crippen MR) is 59.6 cm³/mol. The van der Waals surface area contributed by atoms with E-state index >= 15 is 0 Å². The third kappa shape index (κ3) is 2.35. The van der Waals surface area contributed by atoms with Crippen molar-refractivity contribution >= 4 is 5.97 Å². The molecular weight excluding hydrogens is 245 g/mol. The molecule has 0 bridgehead atoms. The van der Waals surface area contributed by atoms with Crippen LogP contribution in [0.3, 0.4) is 0 Å². The van der Waals surface area contributed by atoms with Gasteiger partial charge in [-0.1, -0.05) is 24.3 Å². The standard InChI is InChI=1S/C13H13F3O2/c1-2-18-12(17)10-6-8-4-3-5-9(8)7-11(10)13(14,15)16/h3-4,6-9H,2,5H2,1H3. The van der Waals surface area contributed by atoms with Crippen molar-refractivity contribution in [1.29, 1.82) is 0 Å². The van der Waals surface area contributed by atoms with Crippen LogP contribution in [0.1, 0.15) is 13.3 Å². The van der Waals surface area contributed by atoms with Crippen LogP contribution < -0.4 is 0 Å². The maximum absolute atomic E-state index is 12.9. The number of fused-ring (bicyclic) bond motifs is 1. The lowest BCUT2D eigenvalue weighted by molar-refractivity contribution is -0.140. The average molecular weight is 258 g/mol. The molecule has 2 rings (SSSR count). The molecule has 2 nitrogen and oxygen atoms in total. The molecule has 0 spiro atoms. The summed E-state index contributed by atoms with van der Waals surface area (Å²) in [5, 5.41) is 0. The summed E-state index contributed by atoms with van der Waals surface area (Å²) in [5.41, 5.74) is -1.23. The topological polar surface area (TPSA) is 26.3 Å². The van der Waals surface area contributed by atoms with Gasteiger partial charge in [-0.15, -0.1) is 0 Å². The quantitative estimate of drug-likeness (QED) is 0.561. The second-order valence-electron chi connectivity index (χ2n) is 4.28. The average Bonchev–Trinajstić information content (AvgIpc) is 2.73. The largest absolute Gasteiger partial charge is 0.462 e. The molecule has 0 heterocycles. The minimum absolute atomic E-state index is 0.0608. The van der Waals surface area contributed by atoms with E-state index < -0.39 is 17.7 Å². The highest BCUT2D eigenvalue weighted by Gasteiger charge is 2.42. The van der Waals surface area contributed by atoms with Crippen LogP contribution in [0, 0.1) is 11.8 Å². The summed E-state index contributed by atoms with van der Waals surface area (Å²) in [6.45, 7) is 1.63. The molecule has 2 atom stereocenters. The Morgan fingerprint density at radius 1 is 1.44 bits per heavy atom. The van der Waals surface area contributed by atoms with Gasteiger partial charge in [0.25, 0.3) is 0 Å². The second-order valence-corrected chi connectivity index (χ2v) is 4.28. The van der Waals surface area contributed by atoms with E-state index in [0.717, 1.165) is 6.08 Å².